The minimum atomic E-state index is 0.0134. The molecule has 0 radical (unpaired) electrons. The summed E-state index contributed by atoms with van der Waals surface area (Å²) in [5.74, 6) is 0. The fraction of sp³-hybridized carbons (Fsp3) is 0.630. The van der Waals surface area contributed by atoms with E-state index < -0.39 is 0 Å². The van der Waals surface area contributed by atoms with E-state index in [9.17, 15) is 0 Å². The van der Waals surface area contributed by atoms with Gasteiger partial charge in [-0.05, 0) is 144 Å². The number of benzene rings is 2. The van der Waals surface area contributed by atoms with Crippen molar-refractivity contribution in [2.75, 3.05) is 0 Å². The maximum absolute atomic E-state index is 5.77. The first kappa shape index (κ1) is 36.8. The van der Waals surface area contributed by atoms with Gasteiger partial charge in [-0.1, -0.05) is 113 Å². The Balaban J connectivity index is 0.00000184. The maximum Gasteiger partial charge on any atom is 0.0729 e. The van der Waals surface area contributed by atoms with Crippen molar-refractivity contribution < 1.29 is 0 Å². The van der Waals surface area contributed by atoms with Gasteiger partial charge in [-0.2, -0.15) is 0 Å². The van der Waals surface area contributed by atoms with Crippen LogP contribution in [0.2, 0.25) is 0 Å². The summed E-state index contributed by atoms with van der Waals surface area (Å²) < 4.78 is 2.74. The van der Waals surface area contributed by atoms with Crippen molar-refractivity contribution >= 4 is 48.9 Å². The van der Waals surface area contributed by atoms with Gasteiger partial charge in [-0.15, -0.1) is 0 Å². The van der Waals surface area contributed by atoms with Crippen LogP contribution in [0.3, 0.4) is 0 Å². The molecule has 4 heterocycles. The van der Waals surface area contributed by atoms with Crippen molar-refractivity contribution in [2.24, 2.45) is 0 Å². The first-order valence-electron chi connectivity index (χ1n) is 23.9. The van der Waals surface area contributed by atoms with Crippen LogP contribution >= 0.6 is 0 Å². The second-order valence-corrected chi connectivity index (χ2v) is 22.5. The molecule has 3 heteroatoms. The zero-order chi connectivity index (χ0) is 39.3. The fourth-order valence-electron chi connectivity index (χ4n) is 14.9. The van der Waals surface area contributed by atoms with E-state index in [0.29, 0.717) is 0 Å². The van der Waals surface area contributed by atoms with Crippen LogP contribution in [0.4, 0.5) is 0 Å². The smallest absolute Gasteiger partial charge is 0.0729 e. The van der Waals surface area contributed by atoms with Crippen LogP contribution in [0.5, 0.6) is 0 Å². The minimum Gasteiger partial charge on any atom is -0.305 e. The molecule has 0 unspecified atom stereocenters. The van der Waals surface area contributed by atoms with E-state index in [-0.39, 0.29) is 32.5 Å². The van der Waals surface area contributed by atoms with Crippen molar-refractivity contribution in [1.82, 2.24) is 14.4 Å². The summed E-state index contributed by atoms with van der Waals surface area (Å²) in [6, 6.07) is 7.97. The van der Waals surface area contributed by atoms with Crippen molar-refractivity contribution in [1.29, 1.82) is 0 Å². The zero-order valence-electron chi connectivity index (χ0n) is 36.9. The topological polar surface area (TPSA) is 30.2 Å². The Kier molecular flexibility index (Phi) is 7.88. The lowest BCUT2D eigenvalue weighted by Crippen LogP contribution is -2.39. The zero-order valence-corrected chi connectivity index (χ0v) is 36.9. The predicted molar refractivity (Wildman–Crippen MR) is 242 cm³/mol. The summed E-state index contributed by atoms with van der Waals surface area (Å²) in [4.78, 5) is 11.5. The summed E-state index contributed by atoms with van der Waals surface area (Å²) in [5.41, 5.74) is 14.7. The maximum atomic E-state index is 5.77. The normalized spacial score (nSPS) is 23.3. The summed E-state index contributed by atoms with van der Waals surface area (Å²) in [6.45, 7) is 18.6. The molecule has 300 valence electrons. The van der Waals surface area contributed by atoms with Crippen LogP contribution in [-0.4, -0.2) is 14.4 Å². The molecule has 6 aliphatic rings. The highest BCUT2D eigenvalue weighted by Gasteiger charge is 2.53. The number of rotatable bonds is 0. The number of hydrogen-bond donors (Lipinski definition) is 0. The Bertz CT molecular complexity index is 2580. The predicted octanol–water partition coefficient (Wildman–Crippen LogP) is 15.2. The summed E-state index contributed by atoms with van der Waals surface area (Å²) in [7, 11) is 0. The van der Waals surface area contributed by atoms with Crippen LogP contribution in [-0.2, 0) is 32.5 Å². The number of nitrogens with zero attached hydrogens (tertiary/aromatic N) is 3. The highest BCUT2D eigenvalue weighted by atomic mass is 15.0. The van der Waals surface area contributed by atoms with Crippen LogP contribution < -0.4 is 0 Å². The molecule has 6 aliphatic carbocycles. The van der Waals surface area contributed by atoms with Gasteiger partial charge in [0.2, 0.25) is 0 Å². The number of hydrogen-bond acceptors (Lipinski definition) is 2. The van der Waals surface area contributed by atoms with E-state index >= 15 is 0 Å². The molecule has 0 atom stereocenters. The highest BCUT2D eigenvalue weighted by Crippen LogP contribution is 2.63. The third-order valence-electron chi connectivity index (χ3n) is 17.7. The largest absolute Gasteiger partial charge is 0.305 e. The first-order valence-corrected chi connectivity index (χ1v) is 23.9. The van der Waals surface area contributed by atoms with Gasteiger partial charge in [0.25, 0.3) is 0 Å². The van der Waals surface area contributed by atoms with Crippen molar-refractivity contribution in [2.45, 2.75) is 216 Å². The van der Waals surface area contributed by atoms with Gasteiger partial charge in [0.05, 0.1) is 40.3 Å². The van der Waals surface area contributed by atoms with E-state index in [1.54, 1.807) is 27.3 Å². The number of pyridine rings is 2. The van der Waals surface area contributed by atoms with Crippen molar-refractivity contribution in [3.05, 3.63) is 64.2 Å². The molecule has 4 spiro atoms. The van der Waals surface area contributed by atoms with E-state index in [1.165, 1.54) is 184 Å². The monoisotopic (exact) mass is 760 g/mol. The van der Waals surface area contributed by atoms with Crippen LogP contribution in [0.15, 0.2) is 30.6 Å². The van der Waals surface area contributed by atoms with Gasteiger partial charge in [0.1, 0.15) is 0 Å². The van der Waals surface area contributed by atoms with Crippen LogP contribution in [0.25, 0.3) is 48.9 Å². The van der Waals surface area contributed by atoms with Gasteiger partial charge in [-0.3, -0.25) is 9.97 Å². The molecule has 6 aromatic rings. The molecule has 57 heavy (non-hydrogen) atoms. The lowest BCUT2D eigenvalue weighted by molar-refractivity contribution is 0.265. The summed E-state index contributed by atoms with van der Waals surface area (Å²) in [5, 5.41) is 9.20. The average molecular weight is 760 g/mol. The van der Waals surface area contributed by atoms with Gasteiger partial charge < -0.3 is 4.40 Å². The lowest BCUT2D eigenvalue weighted by atomic mass is 9.59. The van der Waals surface area contributed by atoms with E-state index in [2.05, 4.69) is 76.5 Å². The molecule has 0 bridgehead atoms. The second-order valence-electron chi connectivity index (χ2n) is 22.5. The van der Waals surface area contributed by atoms with Gasteiger partial charge in [0, 0.05) is 32.4 Å². The SMILES string of the molecule is CC.CC(C)(C)c1cc(C(C)(C)C)c2cc3c4c5c(ncc4n4c6cnc7c(c6c(c2c1)c34)C1(CCCC1)CCC71CCCC1)C1(CCCC1)CCC51CCCC1. The van der Waals surface area contributed by atoms with E-state index in [0.717, 1.165) is 0 Å². The Morgan fingerprint density at radius 3 is 1.37 bits per heavy atom. The van der Waals surface area contributed by atoms with Crippen molar-refractivity contribution in [3.63, 3.8) is 0 Å². The minimum absolute atomic E-state index is 0.0134. The summed E-state index contributed by atoms with van der Waals surface area (Å²) >= 11 is 0. The average Bonchev–Trinajstić information content (AvgIpc) is 4.06. The molecule has 12 rings (SSSR count). The molecule has 2 aromatic carbocycles. The Hall–Kier alpha value is -3.20. The third-order valence-corrected chi connectivity index (χ3v) is 17.7. The summed E-state index contributed by atoms with van der Waals surface area (Å²) in [6.07, 6.45) is 31.7. The Morgan fingerprint density at radius 2 is 0.895 bits per heavy atom. The molecule has 4 fully saturated rings. The molecule has 4 saturated carbocycles. The number of fused-ring (bicyclic) bond motifs is 16. The Labute approximate surface area is 342 Å². The molecule has 0 amide bonds. The lowest BCUT2D eigenvalue weighted by Gasteiger charge is -2.45. The van der Waals surface area contributed by atoms with Gasteiger partial charge in [0.15, 0.2) is 0 Å². The first-order chi connectivity index (χ1) is 27.4. The standard InChI is InChI=1S/C52H63N3.C2H6/c1-47(2,3)32-27-34-33(36(28-32)48(4,5)6)29-35-39-37(30-53-45-42(39)49(15-7-8-16-49)23-25-51(45)19-11-12-20-51)55-38-31-54-46-43(41(38)40(34)44(35)55)50(17-9-10-18-50)24-26-52(46)21-13-14-22-52;1-2/h27-31H,7-26H2,1-6H3;1-2H3. The van der Waals surface area contributed by atoms with Gasteiger partial charge in [-0.25, -0.2) is 0 Å². The Morgan fingerprint density at radius 1 is 0.456 bits per heavy atom. The molecule has 4 aromatic heterocycles. The van der Waals surface area contributed by atoms with Crippen LogP contribution in [0.1, 0.15) is 217 Å². The van der Waals surface area contributed by atoms with Crippen molar-refractivity contribution in [3.8, 4) is 0 Å². The van der Waals surface area contributed by atoms with E-state index in [4.69, 9.17) is 9.97 Å². The highest BCUT2D eigenvalue weighted by molar-refractivity contribution is 6.33. The van der Waals surface area contributed by atoms with Crippen LogP contribution in [0, 0.1) is 0 Å². The molecular weight excluding hydrogens is 691 g/mol. The molecular formula is C54H69N3. The molecule has 3 nitrogen and oxygen atoms in total. The molecule has 0 N–H and O–H groups in total. The third kappa shape index (κ3) is 4.78. The van der Waals surface area contributed by atoms with Gasteiger partial charge >= 0.3 is 0 Å². The van der Waals surface area contributed by atoms with E-state index in [1.807, 2.05) is 13.8 Å². The molecule has 0 aliphatic heterocycles. The number of aromatic nitrogens is 3. The molecule has 0 saturated heterocycles. The fourth-order valence-corrected chi connectivity index (χ4v) is 14.9. The quantitative estimate of drug-likeness (QED) is 0.154. The second kappa shape index (κ2) is 12.2.